The molecule has 1 N–H and O–H groups in total. The molecule has 5 aromatic carbocycles. The summed E-state index contributed by atoms with van der Waals surface area (Å²) in [5, 5.41) is 2.54. The van der Waals surface area contributed by atoms with Crippen LogP contribution in [0.1, 0.15) is 0 Å². The minimum Gasteiger partial charge on any atom is -0.354 e. The molecule has 0 bridgehead atoms. The second-order valence-electron chi connectivity index (χ2n) is 7.89. The number of fused-ring (bicyclic) bond motifs is 3. The van der Waals surface area contributed by atoms with Crippen LogP contribution in [0.4, 0.5) is 0 Å². The highest BCUT2D eigenvalue weighted by molar-refractivity contribution is 6.18. The number of rotatable bonds is 3. The maximum absolute atomic E-state index is 3.73. The van der Waals surface area contributed by atoms with Gasteiger partial charge in [0.25, 0.3) is 0 Å². The molecular formula is C30H21N. The van der Waals surface area contributed by atoms with E-state index in [9.17, 15) is 0 Å². The van der Waals surface area contributed by atoms with Gasteiger partial charge in [-0.2, -0.15) is 0 Å². The summed E-state index contributed by atoms with van der Waals surface area (Å²) in [5.74, 6) is 0. The topological polar surface area (TPSA) is 15.8 Å². The lowest BCUT2D eigenvalue weighted by atomic mass is 9.94. The average Bonchev–Trinajstić information content (AvgIpc) is 3.24. The highest BCUT2D eigenvalue weighted by Crippen LogP contribution is 2.40. The molecule has 1 nitrogen and oxygen atoms in total. The van der Waals surface area contributed by atoms with E-state index in [2.05, 4.69) is 126 Å². The normalized spacial score (nSPS) is 11.2. The molecule has 1 aromatic heterocycles. The van der Waals surface area contributed by atoms with E-state index in [1.807, 2.05) is 0 Å². The molecule has 0 unspecified atom stereocenters. The van der Waals surface area contributed by atoms with Crippen molar-refractivity contribution >= 4 is 21.8 Å². The fourth-order valence-corrected chi connectivity index (χ4v) is 4.53. The summed E-state index contributed by atoms with van der Waals surface area (Å²) in [6, 6.07) is 43.1. The zero-order valence-electron chi connectivity index (χ0n) is 17.0. The van der Waals surface area contributed by atoms with Gasteiger partial charge in [-0.1, -0.05) is 109 Å². The molecule has 0 aliphatic heterocycles. The minimum absolute atomic E-state index is 1.16. The maximum atomic E-state index is 3.73. The van der Waals surface area contributed by atoms with Gasteiger partial charge >= 0.3 is 0 Å². The first-order chi connectivity index (χ1) is 15.4. The average molecular weight is 396 g/mol. The van der Waals surface area contributed by atoms with Gasteiger partial charge in [-0.05, 0) is 39.9 Å². The first kappa shape index (κ1) is 17.7. The van der Waals surface area contributed by atoms with Crippen molar-refractivity contribution in [3.8, 4) is 33.4 Å². The van der Waals surface area contributed by atoms with E-state index < -0.39 is 0 Å². The monoisotopic (exact) mass is 395 g/mol. The Morgan fingerprint density at radius 3 is 1.61 bits per heavy atom. The second-order valence-corrected chi connectivity index (χ2v) is 7.89. The van der Waals surface area contributed by atoms with Crippen molar-refractivity contribution in [2.24, 2.45) is 0 Å². The molecule has 0 spiro atoms. The molecule has 146 valence electrons. The van der Waals surface area contributed by atoms with Crippen LogP contribution in [0, 0.1) is 0 Å². The van der Waals surface area contributed by atoms with Gasteiger partial charge in [-0.3, -0.25) is 0 Å². The first-order valence-corrected chi connectivity index (χ1v) is 10.6. The maximum Gasteiger partial charge on any atom is 0.0550 e. The SMILES string of the molecule is c1ccc(-c2ccc3[nH]c4c(-c5ccccc5)ccc(-c5ccccc5)c4c3c2)cc1. The lowest BCUT2D eigenvalue weighted by Gasteiger charge is -2.10. The van der Waals surface area contributed by atoms with Crippen LogP contribution in [0.25, 0.3) is 55.2 Å². The zero-order chi connectivity index (χ0) is 20.6. The Hall–Kier alpha value is -4.10. The summed E-state index contributed by atoms with van der Waals surface area (Å²) in [7, 11) is 0. The van der Waals surface area contributed by atoms with Crippen LogP contribution in [0.5, 0.6) is 0 Å². The molecule has 31 heavy (non-hydrogen) atoms. The summed E-state index contributed by atoms with van der Waals surface area (Å²) in [4.78, 5) is 3.73. The van der Waals surface area contributed by atoms with Crippen LogP contribution in [0.3, 0.4) is 0 Å². The Labute approximate surface area is 181 Å². The van der Waals surface area contributed by atoms with Gasteiger partial charge in [0.1, 0.15) is 0 Å². The van der Waals surface area contributed by atoms with Crippen molar-refractivity contribution in [3.63, 3.8) is 0 Å². The Kier molecular flexibility index (Phi) is 4.18. The molecule has 0 aliphatic rings. The predicted octanol–water partition coefficient (Wildman–Crippen LogP) is 8.32. The summed E-state index contributed by atoms with van der Waals surface area (Å²) >= 11 is 0. The third-order valence-electron chi connectivity index (χ3n) is 6.03. The zero-order valence-corrected chi connectivity index (χ0v) is 17.0. The van der Waals surface area contributed by atoms with E-state index >= 15 is 0 Å². The van der Waals surface area contributed by atoms with Gasteiger partial charge in [-0.25, -0.2) is 0 Å². The van der Waals surface area contributed by atoms with Gasteiger partial charge in [-0.15, -0.1) is 0 Å². The largest absolute Gasteiger partial charge is 0.354 e. The summed E-state index contributed by atoms with van der Waals surface area (Å²) in [6.45, 7) is 0. The molecule has 0 fully saturated rings. The van der Waals surface area contributed by atoms with Crippen LogP contribution in [-0.4, -0.2) is 4.98 Å². The van der Waals surface area contributed by atoms with Crippen molar-refractivity contribution in [3.05, 3.63) is 121 Å². The summed E-state index contributed by atoms with van der Waals surface area (Å²) in [6.07, 6.45) is 0. The van der Waals surface area contributed by atoms with Gasteiger partial charge in [0, 0.05) is 21.9 Å². The quantitative estimate of drug-likeness (QED) is 0.310. The molecule has 0 atom stereocenters. The fraction of sp³-hybridized carbons (Fsp3) is 0. The van der Waals surface area contributed by atoms with Gasteiger partial charge < -0.3 is 4.98 Å². The number of H-pyrrole nitrogens is 1. The van der Waals surface area contributed by atoms with Crippen molar-refractivity contribution < 1.29 is 0 Å². The van der Waals surface area contributed by atoms with E-state index in [0.717, 1.165) is 5.52 Å². The van der Waals surface area contributed by atoms with E-state index in [1.54, 1.807) is 0 Å². The highest BCUT2D eigenvalue weighted by atomic mass is 14.7. The van der Waals surface area contributed by atoms with Crippen molar-refractivity contribution in [2.75, 3.05) is 0 Å². The number of aromatic amines is 1. The standard InChI is InChI=1S/C30H21N/c1-4-10-21(11-5-1)24-16-19-28-27(20-24)29-25(22-12-6-2-7-13-22)17-18-26(30(29)31-28)23-14-8-3-9-15-23/h1-20,31H. The fourth-order valence-electron chi connectivity index (χ4n) is 4.53. The molecular weight excluding hydrogens is 374 g/mol. The predicted molar refractivity (Wildman–Crippen MR) is 132 cm³/mol. The van der Waals surface area contributed by atoms with E-state index in [4.69, 9.17) is 0 Å². The molecule has 0 saturated heterocycles. The van der Waals surface area contributed by atoms with E-state index in [-0.39, 0.29) is 0 Å². The molecule has 0 aliphatic carbocycles. The Bertz CT molecular complexity index is 1490. The number of hydrogen-bond donors (Lipinski definition) is 1. The molecule has 1 heterocycles. The van der Waals surface area contributed by atoms with Crippen LogP contribution in [0.2, 0.25) is 0 Å². The number of aromatic nitrogens is 1. The minimum atomic E-state index is 1.16. The lowest BCUT2D eigenvalue weighted by Crippen LogP contribution is -1.84. The summed E-state index contributed by atoms with van der Waals surface area (Å²) in [5.41, 5.74) is 9.76. The molecule has 0 saturated carbocycles. The van der Waals surface area contributed by atoms with Crippen molar-refractivity contribution in [1.29, 1.82) is 0 Å². The number of benzene rings is 5. The van der Waals surface area contributed by atoms with E-state index in [1.165, 1.54) is 49.7 Å². The molecule has 0 amide bonds. The number of hydrogen-bond acceptors (Lipinski definition) is 0. The Morgan fingerprint density at radius 1 is 0.419 bits per heavy atom. The second kappa shape index (κ2) is 7.30. The van der Waals surface area contributed by atoms with Crippen LogP contribution < -0.4 is 0 Å². The summed E-state index contributed by atoms with van der Waals surface area (Å²) < 4.78 is 0. The molecule has 6 rings (SSSR count). The van der Waals surface area contributed by atoms with Crippen molar-refractivity contribution in [1.82, 2.24) is 4.98 Å². The molecule has 6 aromatic rings. The molecule has 0 radical (unpaired) electrons. The van der Waals surface area contributed by atoms with E-state index in [0.29, 0.717) is 0 Å². The van der Waals surface area contributed by atoms with Crippen molar-refractivity contribution in [2.45, 2.75) is 0 Å². The molecule has 1 heteroatoms. The van der Waals surface area contributed by atoms with Gasteiger partial charge in [0.05, 0.1) is 5.52 Å². The Balaban J connectivity index is 1.70. The third-order valence-corrected chi connectivity index (χ3v) is 6.03. The highest BCUT2D eigenvalue weighted by Gasteiger charge is 2.15. The number of nitrogens with one attached hydrogen (secondary N) is 1. The lowest BCUT2D eigenvalue weighted by molar-refractivity contribution is 1.53. The Morgan fingerprint density at radius 2 is 0.968 bits per heavy atom. The third kappa shape index (κ3) is 3.03. The van der Waals surface area contributed by atoms with Gasteiger partial charge in [0.15, 0.2) is 0 Å². The van der Waals surface area contributed by atoms with Crippen LogP contribution in [0.15, 0.2) is 121 Å². The van der Waals surface area contributed by atoms with Crippen LogP contribution in [-0.2, 0) is 0 Å². The first-order valence-electron chi connectivity index (χ1n) is 10.6. The van der Waals surface area contributed by atoms with Crippen LogP contribution >= 0.6 is 0 Å². The smallest absolute Gasteiger partial charge is 0.0550 e. The van der Waals surface area contributed by atoms with Gasteiger partial charge in [0.2, 0.25) is 0 Å².